The molecule has 0 spiro atoms. The van der Waals surface area contributed by atoms with Crippen molar-refractivity contribution in [1.82, 2.24) is 26.1 Å². The van der Waals surface area contributed by atoms with Gasteiger partial charge in [-0.1, -0.05) is 11.8 Å². The topological polar surface area (TPSA) is 160 Å². The van der Waals surface area contributed by atoms with Gasteiger partial charge in [-0.3, -0.25) is 14.9 Å². The van der Waals surface area contributed by atoms with Crippen molar-refractivity contribution in [2.24, 2.45) is 5.92 Å². The number of nitrogens with zero attached hydrogens (tertiary/aromatic N) is 2. The Morgan fingerprint density at radius 3 is 2.82 bits per heavy atom. The number of hydrogen-bond donors (Lipinski definition) is 3. The van der Waals surface area contributed by atoms with Gasteiger partial charge in [0.05, 0.1) is 23.2 Å². The first kappa shape index (κ1) is 20.6. The summed E-state index contributed by atoms with van der Waals surface area (Å²) in [5.74, 6) is -0.588. The maximum absolute atomic E-state index is 11.9. The smallest absolute Gasteiger partial charge is 0.321 e. The summed E-state index contributed by atoms with van der Waals surface area (Å²) in [6, 6.07) is -1.14. The molecule has 1 aromatic rings. The van der Waals surface area contributed by atoms with Crippen molar-refractivity contribution in [3.05, 3.63) is 5.89 Å². The number of urea groups is 1. The number of aromatic nitrogens is 2. The number of amides is 4. The van der Waals surface area contributed by atoms with E-state index in [0.717, 1.165) is 11.8 Å². The summed E-state index contributed by atoms with van der Waals surface area (Å²) in [4.78, 5) is 35.0. The van der Waals surface area contributed by atoms with Crippen molar-refractivity contribution < 1.29 is 27.2 Å². The fraction of sp³-hybridized carbons (Fsp3) is 0.667. The summed E-state index contributed by atoms with van der Waals surface area (Å²) in [7, 11) is -3.05. The third-order valence-corrected chi connectivity index (χ3v) is 7.16. The van der Waals surface area contributed by atoms with E-state index in [1.165, 1.54) is 0 Å². The zero-order valence-electron chi connectivity index (χ0n) is 15.1. The molecule has 3 atom stereocenters. The van der Waals surface area contributed by atoms with Crippen LogP contribution in [-0.4, -0.2) is 65.8 Å². The SMILES string of the molecule is CC1NC(=O)NC(=O)C1CCc1nnc(SCC(=O)NC2CCS(=O)(=O)C2)o1. The van der Waals surface area contributed by atoms with Gasteiger partial charge in [0, 0.05) is 18.5 Å². The molecule has 2 fully saturated rings. The second kappa shape index (κ2) is 8.47. The van der Waals surface area contributed by atoms with Crippen LogP contribution in [0.1, 0.15) is 25.7 Å². The van der Waals surface area contributed by atoms with Crippen LogP contribution >= 0.6 is 11.8 Å². The van der Waals surface area contributed by atoms with Crippen LogP contribution in [0.2, 0.25) is 0 Å². The molecular weight excluding hydrogens is 410 g/mol. The number of carbonyl (C=O) groups excluding carboxylic acids is 3. The van der Waals surface area contributed by atoms with Crippen LogP contribution in [-0.2, 0) is 25.8 Å². The number of nitrogens with one attached hydrogen (secondary N) is 3. The Kier molecular flexibility index (Phi) is 6.23. The first-order chi connectivity index (χ1) is 13.2. The first-order valence-electron chi connectivity index (χ1n) is 8.78. The predicted octanol–water partition coefficient (Wildman–Crippen LogP) is -0.758. The second-order valence-corrected chi connectivity index (χ2v) is 9.97. The maximum Gasteiger partial charge on any atom is 0.321 e. The molecule has 3 heterocycles. The van der Waals surface area contributed by atoms with Crippen molar-refractivity contribution in [3.8, 4) is 0 Å². The molecule has 13 heteroatoms. The number of imide groups is 1. The molecule has 3 unspecified atom stereocenters. The highest BCUT2D eigenvalue weighted by Gasteiger charge is 2.32. The molecule has 0 aliphatic carbocycles. The lowest BCUT2D eigenvalue weighted by Crippen LogP contribution is -2.57. The van der Waals surface area contributed by atoms with Crippen LogP contribution in [0, 0.1) is 5.92 Å². The largest absolute Gasteiger partial charge is 0.416 e. The van der Waals surface area contributed by atoms with Crippen molar-refractivity contribution in [2.75, 3.05) is 17.3 Å². The van der Waals surface area contributed by atoms with Gasteiger partial charge in [0.25, 0.3) is 5.22 Å². The molecule has 28 heavy (non-hydrogen) atoms. The van der Waals surface area contributed by atoms with E-state index in [0.29, 0.717) is 25.2 Å². The summed E-state index contributed by atoms with van der Waals surface area (Å²) in [6.45, 7) is 1.75. The van der Waals surface area contributed by atoms with Gasteiger partial charge >= 0.3 is 6.03 Å². The van der Waals surface area contributed by atoms with Gasteiger partial charge in [0.15, 0.2) is 9.84 Å². The van der Waals surface area contributed by atoms with Crippen LogP contribution in [0.25, 0.3) is 0 Å². The zero-order valence-corrected chi connectivity index (χ0v) is 16.8. The average Bonchev–Trinajstić information content (AvgIpc) is 3.18. The molecule has 0 bridgehead atoms. The number of aryl methyl sites for hydroxylation is 1. The lowest BCUT2D eigenvalue weighted by atomic mass is 9.93. The fourth-order valence-electron chi connectivity index (χ4n) is 3.14. The van der Waals surface area contributed by atoms with E-state index in [4.69, 9.17) is 4.42 Å². The van der Waals surface area contributed by atoms with Gasteiger partial charge in [0.1, 0.15) is 0 Å². The van der Waals surface area contributed by atoms with E-state index in [1.54, 1.807) is 6.92 Å². The highest BCUT2D eigenvalue weighted by Crippen LogP contribution is 2.20. The molecule has 2 saturated heterocycles. The number of thioether (sulfide) groups is 1. The third-order valence-electron chi connectivity index (χ3n) is 4.58. The van der Waals surface area contributed by atoms with Crippen molar-refractivity contribution in [3.63, 3.8) is 0 Å². The summed E-state index contributed by atoms with van der Waals surface area (Å²) in [5, 5.41) is 15.5. The van der Waals surface area contributed by atoms with Crippen molar-refractivity contribution in [2.45, 2.75) is 43.5 Å². The molecule has 0 saturated carbocycles. The van der Waals surface area contributed by atoms with E-state index in [2.05, 4.69) is 26.1 Å². The third kappa shape index (κ3) is 5.44. The molecule has 0 aromatic carbocycles. The van der Waals surface area contributed by atoms with Gasteiger partial charge in [-0.2, -0.15) is 0 Å². The molecule has 3 N–H and O–H groups in total. The van der Waals surface area contributed by atoms with Gasteiger partial charge in [-0.25, -0.2) is 13.2 Å². The van der Waals surface area contributed by atoms with Crippen molar-refractivity contribution in [1.29, 1.82) is 0 Å². The standard InChI is InChI=1S/C15H21N5O6S2/c1-8-10(13(22)18-14(23)16-8)2-3-12-19-20-15(26-12)27-6-11(21)17-9-4-5-28(24,25)7-9/h8-10H,2-7H2,1H3,(H,17,21)(H2,16,18,22,23). The van der Waals surface area contributed by atoms with Crippen LogP contribution in [0.15, 0.2) is 9.64 Å². The van der Waals surface area contributed by atoms with Gasteiger partial charge in [0.2, 0.25) is 17.7 Å². The van der Waals surface area contributed by atoms with Gasteiger partial charge < -0.3 is 15.1 Å². The highest BCUT2D eigenvalue weighted by molar-refractivity contribution is 7.99. The number of hydrogen-bond acceptors (Lipinski definition) is 9. The molecular formula is C15H21N5O6S2. The van der Waals surface area contributed by atoms with Crippen LogP contribution in [0.5, 0.6) is 0 Å². The summed E-state index contributed by atoms with van der Waals surface area (Å²) >= 11 is 1.06. The van der Waals surface area contributed by atoms with E-state index in [9.17, 15) is 22.8 Å². The van der Waals surface area contributed by atoms with Crippen LogP contribution in [0.3, 0.4) is 0 Å². The zero-order chi connectivity index (χ0) is 20.3. The molecule has 4 amide bonds. The van der Waals surface area contributed by atoms with Gasteiger partial charge in [-0.05, 0) is 19.8 Å². The molecule has 154 valence electrons. The van der Waals surface area contributed by atoms with E-state index < -0.39 is 21.8 Å². The molecule has 11 nitrogen and oxygen atoms in total. The van der Waals surface area contributed by atoms with Crippen LogP contribution < -0.4 is 16.0 Å². The molecule has 3 rings (SSSR count). The molecule has 2 aliphatic rings. The molecule has 2 aliphatic heterocycles. The van der Waals surface area contributed by atoms with E-state index in [1.807, 2.05) is 0 Å². The Morgan fingerprint density at radius 1 is 1.36 bits per heavy atom. The van der Waals surface area contributed by atoms with E-state index in [-0.39, 0.29) is 46.4 Å². The monoisotopic (exact) mass is 431 g/mol. The highest BCUT2D eigenvalue weighted by atomic mass is 32.2. The minimum Gasteiger partial charge on any atom is -0.416 e. The normalized spacial score (nSPS) is 26.5. The molecule has 0 radical (unpaired) electrons. The van der Waals surface area contributed by atoms with E-state index >= 15 is 0 Å². The second-order valence-electron chi connectivity index (χ2n) is 6.81. The van der Waals surface area contributed by atoms with Gasteiger partial charge in [-0.15, -0.1) is 10.2 Å². The van der Waals surface area contributed by atoms with Crippen LogP contribution in [0.4, 0.5) is 4.79 Å². The summed E-state index contributed by atoms with van der Waals surface area (Å²) in [6.07, 6.45) is 1.21. The minimum atomic E-state index is -3.05. The summed E-state index contributed by atoms with van der Waals surface area (Å²) < 4.78 is 28.3. The minimum absolute atomic E-state index is 0.0261. The Hall–Kier alpha value is -2.15. The molecule has 1 aromatic heterocycles. The predicted molar refractivity (Wildman–Crippen MR) is 98.2 cm³/mol. The first-order valence-corrected chi connectivity index (χ1v) is 11.6. The lowest BCUT2D eigenvalue weighted by Gasteiger charge is -2.28. The Balaban J connectivity index is 1.42. The lowest BCUT2D eigenvalue weighted by molar-refractivity contribution is -0.126. The Morgan fingerprint density at radius 2 is 2.14 bits per heavy atom. The maximum atomic E-state index is 11.9. The Bertz CT molecular complexity index is 870. The Labute approximate surface area is 165 Å². The number of sulfone groups is 1. The fourth-order valence-corrected chi connectivity index (χ4v) is 5.40. The number of rotatable bonds is 7. The quantitative estimate of drug-likeness (QED) is 0.471. The summed E-state index contributed by atoms with van der Waals surface area (Å²) in [5.41, 5.74) is 0. The van der Waals surface area contributed by atoms with Crippen molar-refractivity contribution >= 4 is 39.4 Å². The average molecular weight is 431 g/mol. The number of carbonyl (C=O) groups is 3.